The van der Waals surface area contributed by atoms with Gasteiger partial charge in [0.25, 0.3) is 0 Å². The van der Waals surface area contributed by atoms with Crippen molar-refractivity contribution in [3.8, 4) is 0 Å². The van der Waals surface area contributed by atoms with Gasteiger partial charge >= 0.3 is 0 Å². The van der Waals surface area contributed by atoms with Crippen molar-refractivity contribution in [1.82, 2.24) is 9.88 Å². The van der Waals surface area contributed by atoms with Gasteiger partial charge in [-0.1, -0.05) is 6.07 Å². The van der Waals surface area contributed by atoms with E-state index in [0.29, 0.717) is 0 Å². The van der Waals surface area contributed by atoms with Crippen molar-refractivity contribution in [3.05, 3.63) is 23.9 Å². The van der Waals surface area contributed by atoms with Gasteiger partial charge in [-0.15, -0.1) is 0 Å². The van der Waals surface area contributed by atoms with Crippen molar-refractivity contribution < 1.29 is 4.21 Å². The molecule has 0 radical (unpaired) electrons. The Morgan fingerprint density at radius 3 is 2.88 bits per heavy atom. The Labute approximate surface area is 105 Å². The fourth-order valence-electron chi connectivity index (χ4n) is 1.91. The molecule has 1 aliphatic heterocycles. The summed E-state index contributed by atoms with van der Waals surface area (Å²) in [5, 5.41) is 3.21. The van der Waals surface area contributed by atoms with E-state index in [9.17, 15) is 4.21 Å². The van der Waals surface area contributed by atoms with Crippen LogP contribution >= 0.6 is 0 Å². The van der Waals surface area contributed by atoms with Gasteiger partial charge in [-0.2, -0.15) is 0 Å². The maximum atomic E-state index is 11.3. The summed E-state index contributed by atoms with van der Waals surface area (Å²) in [7, 11) is -0.601. The van der Waals surface area contributed by atoms with Crippen LogP contribution in [-0.2, 0) is 17.3 Å². The molecule has 1 aromatic rings. The molecule has 0 aliphatic carbocycles. The highest BCUT2D eigenvalue weighted by atomic mass is 32.2. The van der Waals surface area contributed by atoms with Crippen molar-refractivity contribution in [3.63, 3.8) is 0 Å². The molecule has 94 valence electrons. The molecular weight excluding hydrogens is 234 g/mol. The molecule has 1 aromatic heterocycles. The molecular formula is C12H19N3OS. The van der Waals surface area contributed by atoms with Gasteiger partial charge in [0.2, 0.25) is 0 Å². The van der Waals surface area contributed by atoms with E-state index in [4.69, 9.17) is 0 Å². The predicted molar refractivity (Wildman–Crippen MR) is 71.6 cm³/mol. The lowest BCUT2D eigenvalue weighted by atomic mass is 10.3. The zero-order valence-electron chi connectivity index (χ0n) is 10.2. The molecule has 2 rings (SSSR count). The number of anilines is 1. The molecule has 1 fully saturated rings. The number of pyridine rings is 1. The van der Waals surface area contributed by atoms with Crippen molar-refractivity contribution in [2.45, 2.75) is 13.5 Å². The van der Waals surface area contributed by atoms with Gasteiger partial charge in [0, 0.05) is 48.5 Å². The molecule has 0 atom stereocenters. The summed E-state index contributed by atoms with van der Waals surface area (Å²) in [5.74, 6) is 2.53. The summed E-state index contributed by atoms with van der Waals surface area (Å²) in [4.78, 5) is 6.87. The summed E-state index contributed by atoms with van der Waals surface area (Å²) in [6, 6.07) is 6.06. The second-order valence-corrected chi connectivity index (χ2v) is 5.86. The SMILES string of the molecule is CCNc1cccc(CN2CCS(=O)CC2)n1. The normalized spacial score (nSPS) is 18.2. The average molecular weight is 253 g/mol. The van der Waals surface area contributed by atoms with Crippen LogP contribution in [0.15, 0.2) is 18.2 Å². The van der Waals surface area contributed by atoms with E-state index in [0.717, 1.165) is 49.2 Å². The molecule has 5 heteroatoms. The molecule has 0 saturated carbocycles. The van der Waals surface area contributed by atoms with Gasteiger partial charge in [0.15, 0.2) is 0 Å². The molecule has 0 unspecified atom stereocenters. The third-order valence-electron chi connectivity index (χ3n) is 2.82. The first kappa shape index (κ1) is 12.5. The molecule has 0 spiro atoms. The first-order chi connectivity index (χ1) is 8.28. The molecule has 1 N–H and O–H groups in total. The minimum atomic E-state index is -0.601. The van der Waals surface area contributed by atoms with Gasteiger partial charge in [-0.3, -0.25) is 9.11 Å². The van der Waals surface area contributed by atoms with E-state index in [-0.39, 0.29) is 0 Å². The van der Waals surface area contributed by atoms with Crippen LogP contribution in [0, 0.1) is 0 Å². The van der Waals surface area contributed by atoms with E-state index < -0.39 is 10.8 Å². The average Bonchev–Trinajstić information content (AvgIpc) is 2.33. The topological polar surface area (TPSA) is 45.2 Å². The number of nitrogens with one attached hydrogen (secondary N) is 1. The van der Waals surface area contributed by atoms with Gasteiger partial charge in [0.05, 0.1) is 5.69 Å². The minimum absolute atomic E-state index is 0.601. The summed E-state index contributed by atoms with van der Waals surface area (Å²) >= 11 is 0. The van der Waals surface area contributed by atoms with Gasteiger partial charge in [0.1, 0.15) is 5.82 Å². The predicted octanol–water partition coefficient (Wildman–Crippen LogP) is 1.08. The lowest BCUT2D eigenvalue weighted by Crippen LogP contribution is -2.37. The quantitative estimate of drug-likeness (QED) is 0.872. The lowest BCUT2D eigenvalue weighted by Gasteiger charge is -2.25. The highest BCUT2D eigenvalue weighted by Crippen LogP contribution is 2.09. The maximum absolute atomic E-state index is 11.3. The first-order valence-electron chi connectivity index (χ1n) is 6.05. The highest BCUT2D eigenvalue weighted by Gasteiger charge is 2.15. The van der Waals surface area contributed by atoms with E-state index in [2.05, 4.69) is 22.1 Å². The Balaban J connectivity index is 1.93. The van der Waals surface area contributed by atoms with Crippen LogP contribution in [-0.4, -0.2) is 45.2 Å². The fraction of sp³-hybridized carbons (Fsp3) is 0.583. The van der Waals surface area contributed by atoms with Crippen LogP contribution in [0.4, 0.5) is 5.82 Å². The van der Waals surface area contributed by atoms with Crippen LogP contribution in [0.25, 0.3) is 0 Å². The molecule has 0 amide bonds. The first-order valence-corrected chi connectivity index (χ1v) is 7.54. The van der Waals surface area contributed by atoms with Crippen LogP contribution in [0.1, 0.15) is 12.6 Å². The van der Waals surface area contributed by atoms with E-state index >= 15 is 0 Å². The Hall–Kier alpha value is -0.940. The van der Waals surface area contributed by atoms with Crippen LogP contribution in [0.3, 0.4) is 0 Å². The van der Waals surface area contributed by atoms with Crippen LogP contribution < -0.4 is 5.32 Å². The third kappa shape index (κ3) is 3.78. The molecule has 4 nitrogen and oxygen atoms in total. The second kappa shape index (κ2) is 6.12. The number of rotatable bonds is 4. The summed E-state index contributed by atoms with van der Waals surface area (Å²) < 4.78 is 11.3. The molecule has 2 heterocycles. The Morgan fingerprint density at radius 1 is 1.41 bits per heavy atom. The van der Waals surface area contributed by atoms with Crippen LogP contribution in [0.5, 0.6) is 0 Å². The molecule has 1 aliphatic rings. The number of nitrogens with zero attached hydrogens (tertiary/aromatic N) is 2. The minimum Gasteiger partial charge on any atom is -0.370 e. The van der Waals surface area contributed by atoms with E-state index in [1.165, 1.54) is 0 Å². The Kier molecular flexibility index (Phi) is 4.50. The van der Waals surface area contributed by atoms with Gasteiger partial charge in [-0.25, -0.2) is 4.98 Å². The van der Waals surface area contributed by atoms with Crippen molar-refractivity contribution in [2.24, 2.45) is 0 Å². The van der Waals surface area contributed by atoms with Crippen molar-refractivity contribution in [2.75, 3.05) is 36.5 Å². The summed E-state index contributed by atoms with van der Waals surface area (Å²) in [6.45, 7) is 5.64. The fourth-order valence-corrected chi connectivity index (χ4v) is 3.04. The smallest absolute Gasteiger partial charge is 0.126 e. The van der Waals surface area contributed by atoms with Gasteiger partial charge in [-0.05, 0) is 19.1 Å². The zero-order chi connectivity index (χ0) is 12.1. The van der Waals surface area contributed by atoms with Crippen molar-refractivity contribution >= 4 is 16.6 Å². The number of hydrogen-bond acceptors (Lipinski definition) is 4. The Bertz CT molecular complexity index is 387. The number of hydrogen-bond donors (Lipinski definition) is 1. The molecule has 0 aromatic carbocycles. The monoisotopic (exact) mass is 253 g/mol. The Morgan fingerprint density at radius 2 is 2.18 bits per heavy atom. The second-order valence-electron chi connectivity index (χ2n) is 4.17. The largest absolute Gasteiger partial charge is 0.370 e. The van der Waals surface area contributed by atoms with E-state index in [1.807, 2.05) is 18.2 Å². The number of aromatic nitrogens is 1. The van der Waals surface area contributed by atoms with E-state index in [1.54, 1.807) is 0 Å². The van der Waals surface area contributed by atoms with Gasteiger partial charge < -0.3 is 5.32 Å². The lowest BCUT2D eigenvalue weighted by molar-refractivity contribution is 0.288. The molecule has 1 saturated heterocycles. The summed E-state index contributed by atoms with van der Waals surface area (Å²) in [5.41, 5.74) is 1.08. The highest BCUT2D eigenvalue weighted by molar-refractivity contribution is 7.85. The zero-order valence-corrected chi connectivity index (χ0v) is 11.0. The van der Waals surface area contributed by atoms with Crippen LogP contribution in [0.2, 0.25) is 0 Å². The molecule has 17 heavy (non-hydrogen) atoms. The maximum Gasteiger partial charge on any atom is 0.126 e. The summed E-state index contributed by atoms with van der Waals surface area (Å²) in [6.07, 6.45) is 0. The standard InChI is InChI=1S/C12H19N3OS/c1-2-13-12-5-3-4-11(14-12)10-15-6-8-17(16)9-7-15/h3-5H,2,6-10H2,1H3,(H,13,14). The van der Waals surface area contributed by atoms with Crippen molar-refractivity contribution in [1.29, 1.82) is 0 Å². The molecule has 0 bridgehead atoms. The third-order valence-corrected chi connectivity index (χ3v) is 4.10.